The lowest BCUT2D eigenvalue weighted by Crippen LogP contribution is -2.53. The molecule has 1 aliphatic rings. The number of nitrogens with zero attached hydrogens (tertiary/aromatic N) is 3. The number of imide groups is 1. The van der Waals surface area contributed by atoms with E-state index in [1.807, 2.05) is 18.2 Å². The van der Waals surface area contributed by atoms with E-state index in [0.717, 1.165) is 5.82 Å². The number of pyridine rings is 1. The predicted octanol–water partition coefficient (Wildman–Crippen LogP) is 1.07. The predicted molar refractivity (Wildman–Crippen MR) is 76.9 cm³/mol. The minimum Gasteiger partial charge on any atom is -0.353 e. The van der Waals surface area contributed by atoms with E-state index < -0.39 is 11.3 Å². The highest BCUT2D eigenvalue weighted by molar-refractivity contribution is 6.31. The minimum atomic E-state index is -0.714. The number of urea groups is 1. The number of aromatic nitrogens is 1. The van der Waals surface area contributed by atoms with Gasteiger partial charge in [-0.15, -0.1) is 11.6 Å². The van der Waals surface area contributed by atoms with Crippen LogP contribution in [-0.2, 0) is 4.79 Å². The molecule has 1 N–H and O–H groups in total. The molecular formula is C13H17ClN4O2. The molecule has 2 rings (SSSR count). The molecule has 0 aliphatic carbocycles. The molecule has 0 radical (unpaired) electrons. The molecule has 6 nitrogen and oxygen atoms in total. The van der Waals surface area contributed by atoms with Crippen LogP contribution in [0.2, 0.25) is 0 Å². The molecule has 1 aromatic rings. The number of halogens is 1. The van der Waals surface area contributed by atoms with Crippen molar-refractivity contribution in [2.45, 2.75) is 12.3 Å². The second kappa shape index (κ2) is 6.56. The van der Waals surface area contributed by atoms with Gasteiger partial charge in [-0.05, 0) is 19.1 Å². The molecule has 0 bridgehead atoms. The van der Waals surface area contributed by atoms with Gasteiger partial charge in [0.25, 0.3) is 0 Å². The van der Waals surface area contributed by atoms with Crippen LogP contribution in [0.25, 0.3) is 0 Å². The number of piperazine rings is 1. The van der Waals surface area contributed by atoms with Crippen molar-refractivity contribution in [2.75, 3.05) is 31.1 Å². The first-order chi connectivity index (χ1) is 9.58. The molecule has 1 unspecified atom stereocenters. The van der Waals surface area contributed by atoms with Gasteiger partial charge in [-0.1, -0.05) is 6.07 Å². The number of hydrogen-bond acceptors (Lipinski definition) is 4. The van der Waals surface area contributed by atoms with Crippen molar-refractivity contribution in [3.8, 4) is 0 Å². The molecule has 0 aromatic carbocycles. The van der Waals surface area contributed by atoms with Gasteiger partial charge in [-0.25, -0.2) is 9.78 Å². The Kier molecular flexibility index (Phi) is 4.79. The van der Waals surface area contributed by atoms with E-state index in [1.54, 1.807) is 11.1 Å². The summed E-state index contributed by atoms with van der Waals surface area (Å²) in [7, 11) is 0. The van der Waals surface area contributed by atoms with Gasteiger partial charge in [0.15, 0.2) is 0 Å². The van der Waals surface area contributed by atoms with Crippen molar-refractivity contribution < 1.29 is 9.59 Å². The van der Waals surface area contributed by atoms with Gasteiger partial charge in [0.2, 0.25) is 5.91 Å². The quantitative estimate of drug-likeness (QED) is 0.829. The van der Waals surface area contributed by atoms with E-state index in [1.165, 1.54) is 6.92 Å². The molecule has 1 fully saturated rings. The number of anilines is 1. The van der Waals surface area contributed by atoms with Crippen LogP contribution in [0.5, 0.6) is 0 Å². The Balaban J connectivity index is 1.85. The standard InChI is InChI=1S/C13H17ClN4O2/c1-10(14)12(19)16-13(20)18-8-6-17(7-9-18)11-4-2-3-5-15-11/h2-5,10H,6-9H2,1H3,(H,16,19,20). The first-order valence-corrected chi connectivity index (χ1v) is 6.91. The molecule has 20 heavy (non-hydrogen) atoms. The van der Waals surface area contributed by atoms with E-state index >= 15 is 0 Å². The fourth-order valence-corrected chi connectivity index (χ4v) is 2.02. The molecular weight excluding hydrogens is 280 g/mol. The number of hydrogen-bond donors (Lipinski definition) is 1. The van der Waals surface area contributed by atoms with Crippen LogP contribution in [0.3, 0.4) is 0 Å². The van der Waals surface area contributed by atoms with Crippen LogP contribution >= 0.6 is 11.6 Å². The summed E-state index contributed by atoms with van der Waals surface area (Å²) in [6, 6.07) is 5.35. The Morgan fingerprint density at radius 2 is 2.00 bits per heavy atom. The number of carbonyl (C=O) groups is 2. The third-order valence-corrected chi connectivity index (χ3v) is 3.33. The molecule has 3 amide bonds. The summed E-state index contributed by atoms with van der Waals surface area (Å²) in [6.45, 7) is 4.01. The molecule has 108 valence electrons. The minimum absolute atomic E-state index is 0.386. The Hall–Kier alpha value is -1.82. The Morgan fingerprint density at radius 1 is 1.30 bits per heavy atom. The summed E-state index contributed by atoms with van der Waals surface area (Å²) in [4.78, 5) is 31.2. The molecule has 1 aliphatic heterocycles. The lowest BCUT2D eigenvalue weighted by molar-refractivity contribution is -0.119. The number of amides is 3. The molecule has 2 heterocycles. The fourth-order valence-electron chi connectivity index (χ4n) is 1.96. The third kappa shape index (κ3) is 3.60. The molecule has 0 saturated carbocycles. The van der Waals surface area contributed by atoms with E-state index in [4.69, 9.17) is 11.6 Å². The first kappa shape index (κ1) is 14.6. The van der Waals surface area contributed by atoms with Crippen LogP contribution in [0.1, 0.15) is 6.92 Å². The fraction of sp³-hybridized carbons (Fsp3) is 0.462. The van der Waals surface area contributed by atoms with E-state index in [9.17, 15) is 9.59 Å². The van der Waals surface area contributed by atoms with Crippen LogP contribution < -0.4 is 10.2 Å². The lowest BCUT2D eigenvalue weighted by Gasteiger charge is -2.35. The summed E-state index contributed by atoms with van der Waals surface area (Å²) >= 11 is 5.62. The van der Waals surface area contributed by atoms with Crippen LogP contribution in [0, 0.1) is 0 Å². The second-order valence-corrected chi connectivity index (χ2v) is 5.23. The summed E-state index contributed by atoms with van der Waals surface area (Å²) in [5, 5.41) is 1.57. The van der Waals surface area contributed by atoms with Crippen LogP contribution in [0.15, 0.2) is 24.4 Å². The molecule has 1 aromatic heterocycles. The zero-order chi connectivity index (χ0) is 14.5. The number of carbonyl (C=O) groups excluding carboxylic acids is 2. The highest BCUT2D eigenvalue weighted by Crippen LogP contribution is 2.12. The molecule has 0 spiro atoms. The number of alkyl halides is 1. The average Bonchev–Trinajstić information content (AvgIpc) is 2.48. The summed E-state index contributed by atoms with van der Waals surface area (Å²) < 4.78 is 0. The highest BCUT2D eigenvalue weighted by atomic mass is 35.5. The van der Waals surface area contributed by atoms with Crippen molar-refractivity contribution in [3.63, 3.8) is 0 Å². The topological polar surface area (TPSA) is 65.5 Å². The maximum Gasteiger partial charge on any atom is 0.324 e. The monoisotopic (exact) mass is 296 g/mol. The van der Waals surface area contributed by atoms with Crippen molar-refractivity contribution in [1.82, 2.24) is 15.2 Å². The zero-order valence-corrected chi connectivity index (χ0v) is 12.0. The smallest absolute Gasteiger partial charge is 0.324 e. The molecule has 1 atom stereocenters. The second-order valence-electron chi connectivity index (χ2n) is 4.57. The number of nitrogens with one attached hydrogen (secondary N) is 1. The summed E-state index contributed by atoms with van der Waals surface area (Å²) in [5.74, 6) is 0.432. The van der Waals surface area contributed by atoms with Crippen LogP contribution in [0.4, 0.5) is 10.6 Å². The number of rotatable bonds is 2. The highest BCUT2D eigenvalue weighted by Gasteiger charge is 2.23. The summed E-state index contributed by atoms with van der Waals surface area (Å²) in [6.07, 6.45) is 1.74. The maximum absolute atomic E-state index is 11.9. The van der Waals surface area contributed by atoms with Gasteiger partial charge < -0.3 is 9.80 Å². The van der Waals surface area contributed by atoms with Crippen molar-refractivity contribution in [2.24, 2.45) is 0 Å². The van der Waals surface area contributed by atoms with Gasteiger partial charge in [-0.3, -0.25) is 10.1 Å². The molecule has 7 heteroatoms. The van der Waals surface area contributed by atoms with Crippen LogP contribution in [-0.4, -0.2) is 53.4 Å². The maximum atomic E-state index is 11.9. The zero-order valence-electron chi connectivity index (χ0n) is 11.3. The van der Waals surface area contributed by atoms with Gasteiger partial charge in [0.1, 0.15) is 11.2 Å². The lowest BCUT2D eigenvalue weighted by atomic mass is 10.3. The summed E-state index contributed by atoms with van der Waals surface area (Å²) in [5.41, 5.74) is 0. The van der Waals surface area contributed by atoms with E-state index in [2.05, 4.69) is 15.2 Å². The third-order valence-electron chi connectivity index (χ3n) is 3.13. The van der Waals surface area contributed by atoms with Gasteiger partial charge >= 0.3 is 6.03 Å². The normalized spacial score (nSPS) is 16.7. The Morgan fingerprint density at radius 3 is 2.55 bits per heavy atom. The Bertz CT molecular complexity index is 473. The Labute approximate surface area is 122 Å². The van der Waals surface area contributed by atoms with Gasteiger partial charge in [-0.2, -0.15) is 0 Å². The van der Waals surface area contributed by atoms with Crippen molar-refractivity contribution >= 4 is 29.4 Å². The van der Waals surface area contributed by atoms with Crippen molar-refractivity contribution in [1.29, 1.82) is 0 Å². The van der Waals surface area contributed by atoms with Crippen molar-refractivity contribution in [3.05, 3.63) is 24.4 Å². The average molecular weight is 297 g/mol. The van der Waals surface area contributed by atoms with E-state index in [0.29, 0.717) is 26.2 Å². The first-order valence-electron chi connectivity index (χ1n) is 6.48. The van der Waals surface area contributed by atoms with E-state index in [-0.39, 0.29) is 6.03 Å². The van der Waals surface area contributed by atoms with Gasteiger partial charge in [0, 0.05) is 32.4 Å². The van der Waals surface area contributed by atoms with Gasteiger partial charge in [0.05, 0.1) is 0 Å². The SMILES string of the molecule is CC(Cl)C(=O)NC(=O)N1CCN(c2ccccn2)CC1. The molecule has 1 saturated heterocycles. The largest absolute Gasteiger partial charge is 0.353 e.